The first-order chi connectivity index (χ1) is 31.2. The molecule has 322 valence electrons. The zero-order valence-electron chi connectivity index (χ0n) is 33.7. The van der Waals surface area contributed by atoms with Crippen molar-refractivity contribution >= 4 is 44.8 Å². The van der Waals surface area contributed by atoms with Crippen molar-refractivity contribution in [1.29, 1.82) is 10.5 Å². The highest BCUT2D eigenvalue weighted by Crippen LogP contribution is 2.38. The van der Waals surface area contributed by atoms with Gasteiger partial charge in [0.2, 0.25) is 27.7 Å². The smallest absolute Gasteiger partial charge is 0.265 e. The third-order valence-electron chi connectivity index (χ3n) is 8.57. The molecule has 3 heterocycles. The Kier molecular flexibility index (Phi) is 14.1. The number of hydrogen-bond acceptors (Lipinski definition) is 16. The van der Waals surface area contributed by atoms with E-state index in [9.17, 15) is 18.0 Å². The van der Waals surface area contributed by atoms with Gasteiger partial charge in [0.25, 0.3) is 11.8 Å². The summed E-state index contributed by atoms with van der Waals surface area (Å²) in [6, 6.07) is 34.7. The van der Waals surface area contributed by atoms with Crippen molar-refractivity contribution in [1.82, 2.24) is 24.9 Å². The summed E-state index contributed by atoms with van der Waals surface area (Å²) in [7, 11) is -3.94. The lowest BCUT2D eigenvalue weighted by Gasteiger charge is -2.13. The average Bonchev–Trinajstić information content (AvgIpc) is 3.29. The highest BCUT2D eigenvalue weighted by Gasteiger charge is 2.19. The molecule has 0 saturated heterocycles. The van der Waals surface area contributed by atoms with Crippen molar-refractivity contribution < 1.29 is 32.2 Å². The second-order valence-corrected chi connectivity index (χ2v) is 14.7. The highest BCUT2D eigenvalue weighted by atomic mass is 32.2. The minimum atomic E-state index is -3.94. The molecule has 0 spiro atoms. The van der Waals surface area contributed by atoms with E-state index >= 15 is 0 Å². The van der Waals surface area contributed by atoms with E-state index in [0.717, 1.165) is 5.56 Å². The number of ether oxygens (including phenoxy) is 3. The Morgan fingerprint density at radius 2 is 1.11 bits per heavy atom. The molecule has 0 aliphatic rings. The summed E-state index contributed by atoms with van der Waals surface area (Å²) in [5, 5.41) is 27.9. The summed E-state index contributed by atoms with van der Waals surface area (Å²) >= 11 is 0. The van der Waals surface area contributed by atoms with Gasteiger partial charge in [-0.1, -0.05) is 55.6 Å². The van der Waals surface area contributed by atoms with Crippen molar-refractivity contribution in [2.24, 2.45) is 5.14 Å². The Hall–Kier alpha value is -9.50. The number of amides is 2. The van der Waals surface area contributed by atoms with E-state index in [2.05, 4.69) is 48.7 Å². The van der Waals surface area contributed by atoms with Gasteiger partial charge in [0, 0.05) is 35.8 Å². The van der Waals surface area contributed by atoms with Crippen LogP contribution in [0.25, 0.3) is 22.3 Å². The molecule has 2 amide bonds. The number of hydrogen-bond donors (Lipinski definition) is 5. The van der Waals surface area contributed by atoms with Gasteiger partial charge in [-0.25, -0.2) is 38.5 Å². The largest absolute Gasteiger partial charge is 0.439 e. The second kappa shape index (κ2) is 20.4. The summed E-state index contributed by atoms with van der Waals surface area (Å²) in [5.41, 5.74) is 14.4. The van der Waals surface area contributed by atoms with Gasteiger partial charge in [0.05, 0.1) is 16.0 Å². The van der Waals surface area contributed by atoms with Crippen LogP contribution in [0, 0.1) is 22.7 Å². The van der Waals surface area contributed by atoms with Crippen LogP contribution < -0.4 is 41.5 Å². The first-order valence-electron chi connectivity index (χ1n) is 18.6. The van der Waals surface area contributed by atoms with Crippen LogP contribution in [0.5, 0.6) is 34.9 Å². The maximum atomic E-state index is 11.9. The quantitative estimate of drug-likeness (QED) is 0.0580. The number of nitrogens with one attached hydrogen (secondary N) is 2. The fourth-order valence-electron chi connectivity index (χ4n) is 5.52. The zero-order valence-corrected chi connectivity index (χ0v) is 34.6. The maximum absolute atomic E-state index is 11.9. The molecule has 19 nitrogen and oxygen atoms in total. The third-order valence-corrected chi connectivity index (χ3v) is 9.48. The van der Waals surface area contributed by atoms with E-state index in [-0.39, 0.29) is 45.0 Å². The molecule has 0 aliphatic carbocycles. The van der Waals surface area contributed by atoms with Gasteiger partial charge in [-0.2, -0.15) is 10.5 Å². The number of nitriles is 2. The topological polar surface area (TPSA) is 310 Å². The number of pyridine rings is 1. The standard InChI is InChI=1S/C25H18N6O3.C20H16N6O4S/c1-16(14-26)24(32)31-18-5-4-6-20(13-18)34-25-22(23(27)29-15-30-25)17-8-10-19(11-9-17)33-21-7-2-3-12-28-21;1-12(10-21)19(27)26-14-5-3-6-15(9-14)30-20-17(18(22)24-11-25-20)13-4-2-7-16(8-13)31(23,28)29/h2-13,15H,1H2,(H,31,32)(H2,27,29,30);2-9,11H,1H2,(H,26,27)(H2,22,24,25)(H2,23,28,29). The number of rotatable bonds is 13. The van der Waals surface area contributed by atoms with E-state index in [1.54, 1.807) is 85.1 Å². The van der Waals surface area contributed by atoms with Crippen molar-refractivity contribution in [3.05, 3.63) is 158 Å². The van der Waals surface area contributed by atoms with E-state index in [4.69, 9.17) is 41.3 Å². The Morgan fingerprint density at radius 3 is 1.60 bits per heavy atom. The maximum Gasteiger partial charge on any atom is 0.265 e. The van der Waals surface area contributed by atoms with Gasteiger partial charge < -0.3 is 36.3 Å². The first-order valence-corrected chi connectivity index (χ1v) is 20.2. The SMILES string of the molecule is C=C(C#N)C(=O)Nc1cccc(Oc2ncnc(N)c2-c2ccc(Oc3ccccn3)cc2)c1.C=C(C#N)C(=O)Nc1cccc(Oc2ncnc(N)c2-c2cccc(S(N)(=O)=O)c2)c1. The van der Waals surface area contributed by atoms with Gasteiger partial charge >= 0.3 is 0 Å². The summed E-state index contributed by atoms with van der Waals surface area (Å²) in [6.07, 6.45) is 4.14. The van der Waals surface area contributed by atoms with Crippen LogP contribution in [-0.2, 0) is 19.6 Å². The van der Waals surface area contributed by atoms with Crippen LogP contribution >= 0.6 is 0 Å². The van der Waals surface area contributed by atoms with E-state index < -0.39 is 21.8 Å². The Labute approximate surface area is 371 Å². The molecular weight excluding hydrogens is 853 g/mol. The molecule has 0 radical (unpaired) electrons. The molecule has 0 bridgehead atoms. The van der Waals surface area contributed by atoms with Crippen LogP contribution in [0.1, 0.15) is 0 Å². The average molecular weight is 887 g/mol. The number of carbonyl (C=O) groups is 2. The third kappa shape index (κ3) is 11.9. The molecule has 7 rings (SSSR count). The lowest BCUT2D eigenvalue weighted by molar-refractivity contribution is -0.113. The molecule has 0 saturated carbocycles. The first kappa shape index (κ1) is 45.0. The van der Waals surface area contributed by atoms with Crippen molar-refractivity contribution in [3.63, 3.8) is 0 Å². The molecule has 65 heavy (non-hydrogen) atoms. The normalized spacial score (nSPS) is 10.4. The predicted octanol–water partition coefficient (Wildman–Crippen LogP) is 6.91. The number of carbonyl (C=O) groups excluding carboxylic acids is 2. The number of sulfonamides is 1. The number of anilines is 4. The fourth-order valence-corrected chi connectivity index (χ4v) is 6.08. The number of nitrogens with zero attached hydrogens (tertiary/aromatic N) is 7. The molecule has 20 heteroatoms. The Balaban J connectivity index is 0.000000216. The molecule has 7 aromatic rings. The predicted molar refractivity (Wildman–Crippen MR) is 239 cm³/mol. The van der Waals surface area contributed by atoms with Gasteiger partial charge in [0.1, 0.15) is 64.8 Å². The summed E-state index contributed by atoms with van der Waals surface area (Å²) in [6.45, 7) is 6.75. The van der Waals surface area contributed by atoms with Crippen LogP contribution in [0.4, 0.5) is 23.0 Å². The van der Waals surface area contributed by atoms with E-state index in [1.165, 1.54) is 36.9 Å². The van der Waals surface area contributed by atoms with E-state index in [0.29, 0.717) is 45.6 Å². The minimum Gasteiger partial charge on any atom is -0.439 e. The Bertz CT molecular complexity index is 3140. The molecule has 0 unspecified atom stereocenters. The van der Waals surface area contributed by atoms with Crippen LogP contribution in [-0.4, -0.2) is 45.2 Å². The van der Waals surface area contributed by atoms with Crippen LogP contribution in [0.3, 0.4) is 0 Å². The van der Waals surface area contributed by atoms with Crippen molar-refractivity contribution in [2.45, 2.75) is 4.90 Å². The molecule has 0 atom stereocenters. The molecular formula is C45H34N12O7S. The monoisotopic (exact) mass is 886 g/mol. The zero-order chi connectivity index (χ0) is 46.5. The summed E-state index contributed by atoms with van der Waals surface area (Å²) in [5.74, 6) is 1.11. The van der Waals surface area contributed by atoms with Crippen molar-refractivity contribution in [2.75, 3.05) is 22.1 Å². The number of benzene rings is 4. The van der Waals surface area contributed by atoms with Crippen LogP contribution in [0.2, 0.25) is 0 Å². The van der Waals surface area contributed by atoms with Gasteiger partial charge in [0.15, 0.2) is 0 Å². The van der Waals surface area contributed by atoms with Crippen LogP contribution in [0.15, 0.2) is 163 Å². The van der Waals surface area contributed by atoms with Gasteiger partial charge in [-0.05, 0) is 65.7 Å². The summed E-state index contributed by atoms with van der Waals surface area (Å²) < 4.78 is 40.9. The number of nitrogen functional groups attached to an aromatic ring is 2. The lowest BCUT2D eigenvalue weighted by atomic mass is 10.1. The molecule has 3 aromatic heterocycles. The number of aromatic nitrogens is 5. The molecule has 8 N–H and O–H groups in total. The minimum absolute atomic E-state index is 0.0592. The molecule has 0 fully saturated rings. The summed E-state index contributed by atoms with van der Waals surface area (Å²) in [4.78, 5) is 44.1. The van der Waals surface area contributed by atoms with Gasteiger partial charge in [-0.3, -0.25) is 9.59 Å². The molecule has 0 aliphatic heterocycles. The van der Waals surface area contributed by atoms with Gasteiger partial charge in [-0.15, -0.1) is 0 Å². The Morgan fingerprint density at radius 1 is 0.585 bits per heavy atom. The second-order valence-electron chi connectivity index (χ2n) is 13.1. The number of primary sulfonamides is 1. The molecule has 4 aromatic carbocycles. The lowest BCUT2D eigenvalue weighted by Crippen LogP contribution is -2.12. The van der Waals surface area contributed by atoms with E-state index in [1.807, 2.05) is 24.3 Å². The van der Waals surface area contributed by atoms with Crippen molar-refractivity contribution in [3.8, 4) is 69.3 Å². The number of nitrogens with two attached hydrogens (primary N) is 3. The fraction of sp³-hybridized carbons (Fsp3) is 0. The highest BCUT2D eigenvalue weighted by molar-refractivity contribution is 7.89.